The topological polar surface area (TPSA) is 44.5 Å². The van der Waals surface area contributed by atoms with Crippen LogP contribution in [0.1, 0.15) is 5.56 Å². The third-order valence-electron chi connectivity index (χ3n) is 4.47. The lowest BCUT2D eigenvalue weighted by molar-refractivity contribution is -0.00315. The van der Waals surface area contributed by atoms with Crippen LogP contribution in [0.3, 0.4) is 0 Å². The highest BCUT2D eigenvalue weighted by Crippen LogP contribution is 2.24. The number of nitrogens with zero attached hydrogens (tertiary/aromatic N) is 2. The van der Waals surface area contributed by atoms with Gasteiger partial charge in [0, 0.05) is 44.8 Å². The van der Waals surface area contributed by atoms with Crippen LogP contribution < -0.4 is 11.3 Å². The minimum Gasteiger partial charge on any atom is -0.299 e. The maximum Gasteiger partial charge on any atom is 0.142 e. The summed E-state index contributed by atoms with van der Waals surface area (Å²) in [4.78, 5) is 4.93. The molecule has 2 bridgehead atoms. The van der Waals surface area contributed by atoms with Crippen LogP contribution >= 0.6 is 11.6 Å². The van der Waals surface area contributed by atoms with Crippen molar-refractivity contribution in [2.24, 2.45) is 5.84 Å². The molecule has 0 amide bonds. The molecule has 3 fully saturated rings. The van der Waals surface area contributed by atoms with E-state index in [9.17, 15) is 4.39 Å². The van der Waals surface area contributed by atoms with E-state index in [1.807, 2.05) is 6.07 Å². The summed E-state index contributed by atoms with van der Waals surface area (Å²) in [5.74, 6) is 5.37. The predicted molar refractivity (Wildman–Crippen MR) is 78.0 cm³/mol. The summed E-state index contributed by atoms with van der Waals surface area (Å²) in [5, 5.41) is 0.212. The molecular weight excluding hydrogens is 279 g/mol. The van der Waals surface area contributed by atoms with Gasteiger partial charge in [0.2, 0.25) is 0 Å². The molecule has 110 valence electrons. The van der Waals surface area contributed by atoms with E-state index in [1.165, 1.54) is 6.07 Å². The van der Waals surface area contributed by atoms with E-state index in [0.29, 0.717) is 12.5 Å². The highest BCUT2D eigenvalue weighted by molar-refractivity contribution is 6.31. The van der Waals surface area contributed by atoms with Gasteiger partial charge in [0.1, 0.15) is 5.82 Å². The highest BCUT2D eigenvalue weighted by atomic mass is 35.5. The van der Waals surface area contributed by atoms with Crippen LogP contribution in [0.5, 0.6) is 0 Å². The molecule has 3 aliphatic rings. The zero-order valence-electron chi connectivity index (χ0n) is 11.4. The summed E-state index contributed by atoms with van der Waals surface area (Å²) in [5.41, 5.74) is 3.71. The van der Waals surface area contributed by atoms with Gasteiger partial charge in [-0.15, -0.1) is 0 Å². The van der Waals surface area contributed by atoms with Gasteiger partial charge in [-0.3, -0.25) is 21.1 Å². The van der Waals surface area contributed by atoms with Crippen LogP contribution in [-0.4, -0.2) is 54.6 Å². The lowest BCUT2D eigenvalue weighted by Crippen LogP contribution is -2.67. The predicted octanol–water partition coefficient (Wildman–Crippen LogP) is 0.853. The Labute approximate surface area is 123 Å². The molecule has 0 aliphatic carbocycles. The van der Waals surface area contributed by atoms with Crippen LogP contribution in [0.4, 0.5) is 4.39 Å². The maximum absolute atomic E-state index is 13.5. The Bertz CT molecular complexity index is 476. The van der Waals surface area contributed by atoms with Crippen molar-refractivity contribution in [3.05, 3.63) is 34.6 Å². The van der Waals surface area contributed by atoms with Crippen molar-refractivity contribution in [1.29, 1.82) is 0 Å². The first-order valence-electron chi connectivity index (χ1n) is 7.04. The third-order valence-corrected chi connectivity index (χ3v) is 4.89. The molecule has 0 saturated carbocycles. The second-order valence-electron chi connectivity index (χ2n) is 5.59. The molecule has 0 spiro atoms. The smallest absolute Gasteiger partial charge is 0.142 e. The number of rotatable bonds is 4. The Balaban J connectivity index is 1.75. The van der Waals surface area contributed by atoms with Crippen molar-refractivity contribution < 1.29 is 4.39 Å². The van der Waals surface area contributed by atoms with Crippen molar-refractivity contribution in [3.8, 4) is 0 Å². The average molecular weight is 299 g/mol. The van der Waals surface area contributed by atoms with Crippen molar-refractivity contribution in [2.75, 3.05) is 32.7 Å². The number of fused-ring (bicyclic) bond motifs is 3. The van der Waals surface area contributed by atoms with E-state index >= 15 is 0 Å². The zero-order chi connectivity index (χ0) is 14.1. The van der Waals surface area contributed by atoms with Crippen molar-refractivity contribution in [1.82, 2.24) is 15.2 Å². The summed E-state index contributed by atoms with van der Waals surface area (Å²) in [6.45, 7) is 5.45. The fourth-order valence-electron chi connectivity index (χ4n) is 3.29. The molecule has 0 aromatic heterocycles. The van der Waals surface area contributed by atoms with E-state index in [4.69, 9.17) is 17.4 Å². The minimum atomic E-state index is -0.367. The number of benzene rings is 1. The van der Waals surface area contributed by atoms with Gasteiger partial charge >= 0.3 is 0 Å². The van der Waals surface area contributed by atoms with Crippen molar-refractivity contribution in [2.45, 2.75) is 18.5 Å². The fourth-order valence-corrected chi connectivity index (χ4v) is 3.49. The first-order valence-corrected chi connectivity index (χ1v) is 7.42. The average Bonchev–Trinajstić information content (AvgIpc) is 2.50. The zero-order valence-corrected chi connectivity index (χ0v) is 12.1. The molecule has 4 rings (SSSR count). The molecule has 2 unspecified atom stereocenters. The normalized spacial score (nSPS) is 30.4. The minimum absolute atomic E-state index is 0.0809. The SMILES string of the molecule is NNC(Cc1cccc(F)c1Cl)C1CN2CCN1CC2. The number of hydrogen-bond acceptors (Lipinski definition) is 4. The summed E-state index contributed by atoms with van der Waals surface area (Å²) in [7, 11) is 0. The first kappa shape index (κ1) is 14.2. The van der Waals surface area contributed by atoms with E-state index in [-0.39, 0.29) is 16.9 Å². The van der Waals surface area contributed by atoms with E-state index in [1.54, 1.807) is 6.07 Å². The van der Waals surface area contributed by atoms with Crippen LogP contribution in [0.25, 0.3) is 0 Å². The van der Waals surface area contributed by atoms with Crippen LogP contribution in [-0.2, 0) is 6.42 Å². The van der Waals surface area contributed by atoms with Crippen LogP contribution in [0.2, 0.25) is 5.02 Å². The molecule has 1 aromatic rings. The monoisotopic (exact) mass is 298 g/mol. The largest absolute Gasteiger partial charge is 0.299 e. The van der Waals surface area contributed by atoms with Crippen molar-refractivity contribution >= 4 is 11.6 Å². The van der Waals surface area contributed by atoms with Gasteiger partial charge in [-0.1, -0.05) is 23.7 Å². The van der Waals surface area contributed by atoms with E-state index in [0.717, 1.165) is 38.3 Å². The van der Waals surface area contributed by atoms with Gasteiger partial charge in [0.25, 0.3) is 0 Å². The third kappa shape index (κ3) is 2.69. The van der Waals surface area contributed by atoms with E-state index < -0.39 is 0 Å². The number of halogens is 2. The Morgan fingerprint density at radius 1 is 1.35 bits per heavy atom. The Kier molecular flexibility index (Phi) is 4.23. The fraction of sp³-hybridized carbons (Fsp3) is 0.571. The Morgan fingerprint density at radius 2 is 2.10 bits per heavy atom. The number of hydrogen-bond donors (Lipinski definition) is 2. The summed E-state index contributed by atoms with van der Waals surface area (Å²) in [6, 6.07) is 5.39. The molecule has 4 nitrogen and oxygen atoms in total. The lowest BCUT2D eigenvalue weighted by atomic mass is 9.95. The molecule has 2 atom stereocenters. The van der Waals surface area contributed by atoms with Gasteiger partial charge in [-0.2, -0.15) is 0 Å². The summed E-state index contributed by atoms with van der Waals surface area (Å²) >= 11 is 6.04. The van der Waals surface area contributed by atoms with Gasteiger partial charge in [-0.05, 0) is 18.1 Å². The summed E-state index contributed by atoms with van der Waals surface area (Å²) < 4.78 is 13.5. The first-order chi connectivity index (χ1) is 9.69. The lowest BCUT2D eigenvalue weighted by Gasteiger charge is -2.50. The molecule has 1 aromatic carbocycles. The number of nitrogens with two attached hydrogens (primary N) is 1. The van der Waals surface area contributed by atoms with Crippen LogP contribution in [0.15, 0.2) is 18.2 Å². The molecule has 6 heteroatoms. The van der Waals surface area contributed by atoms with Gasteiger partial charge < -0.3 is 0 Å². The molecule has 3 aliphatic heterocycles. The number of hydrazine groups is 1. The molecule has 0 radical (unpaired) electrons. The molecule has 3 saturated heterocycles. The molecule has 3 heterocycles. The summed E-state index contributed by atoms with van der Waals surface area (Å²) in [6.07, 6.45) is 0.641. The molecule has 3 N–H and O–H groups in total. The maximum atomic E-state index is 13.5. The molecule has 20 heavy (non-hydrogen) atoms. The quantitative estimate of drug-likeness (QED) is 0.639. The van der Waals surface area contributed by atoms with Crippen LogP contribution in [0, 0.1) is 5.82 Å². The molecular formula is C14H20ClFN4. The second-order valence-corrected chi connectivity index (χ2v) is 5.97. The van der Waals surface area contributed by atoms with Gasteiger partial charge in [0.05, 0.1) is 5.02 Å². The van der Waals surface area contributed by atoms with Crippen molar-refractivity contribution in [3.63, 3.8) is 0 Å². The number of piperazine rings is 3. The number of nitrogens with one attached hydrogen (secondary N) is 1. The van der Waals surface area contributed by atoms with Gasteiger partial charge in [-0.25, -0.2) is 4.39 Å². The Hall–Kier alpha value is -0.720. The Morgan fingerprint density at radius 3 is 2.70 bits per heavy atom. The standard InChI is InChI=1S/C14H20ClFN4/c15-14-10(2-1-3-11(14)16)8-12(18-17)13-9-19-4-6-20(13)7-5-19/h1-3,12-13,18H,4-9,17H2. The highest BCUT2D eigenvalue weighted by Gasteiger charge is 2.36. The van der Waals surface area contributed by atoms with E-state index in [2.05, 4.69) is 15.2 Å². The second kappa shape index (κ2) is 5.95. The van der Waals surface area contributed by atoms with Gasteiger partial charge in [0.15, 0.2) is 0 Å².